The molecule has 2 saturated heterocycles. The maximum atomic E-state index is 9.37. The maximum Gasteiger partial charge on any atom is 0.0599 e. The van der Waals surface area contributed by atoms with Gasteiger partial charge in [-0.05, 0) is 19.8 Å². The molecule has 0 aromatic heterocycles. The SMILES string of the molecule is CCOC1CCN(CC2(CO)COC2)CC1. The number of aliphatic hydroxyl groups is 1. The number of nitrogens with zero attached hydrogens (tertiary/aromatic N) is 1. The molecule has 0 aromatic carbocycles. The molecule has 0 aromatic rings. The lowest BCUT2D eigenvalue weighted by molar-refractivity contribution is -0.151. The molecule has 0 bridgehead atoms. The van der Waals surface area contributed by atoms with E-state index in [0.717, 1.165) is 52.3 Å². The molecule has 16 heavy (non-hydrogen) atoms. The standard InChI is InChI=1S/C12H23NO3/c1-2-16-11-3-5-13(6-4-11)7-12(8-14)9-15-10-12/h11,14H,2-10H2,1H3. The van der Waals surface area contributed by atoms with Crippen LogP contribution in [0.15, 0.2) is 0 Å². The lowest BCUT2D eigenvalue weighted by atomic mass is 9.86. The average Bonchev–Trinajstić information content (AvgIpc) is 2.26. The first-order chi connectivity index (χ1) is 7.78. The lowest BCUT2D eigenvalue weighted by Gasteiger charge is -2.44. The summed E-state index contributed by atoms with van der Waals surface area (Å²) in [7, 11) is 0. The highest BCUT2D eigenvalue weighted by Gasteiger charge is 2.40. The normalized spacial score (nSPS) is 26.6. The van der Waals surface area contributed by atoms with Crippen molar-refractivity contribution in [2.24, 2.45) is 5.41 Å². The minimum Gasteiger partial charge on any atom is -0.396 e. The number of hydrogen-bond donors (Lipinski definition) is 1. The minimum absolute atomic E-state index is 0.0262. The van der Waals surface area contributed by atoms with Crippen LogP contribution in [0.25, 0.3) is 0 Å². The van der Waals surface area contributed by atoms with Crippen molar-refractivity contribution in [3.63, 3.8) is 0 Å². The van der Waals surface area contributed by atoms with E-state index in [2.05, 4.69) is 11.8 Å². The molecule has 94 valence electrons. The van der Waals surface area contributed by atoms with Gasteiger partial charge in [-0.3, -0.25) is 0 Å². The molecule has 2 heterocycles. The summed E-state index contributed by atoms with van der Waals surface area (Å²) in [5.41, 5.74) is 0.0262. The Bertz CT molecular complexity index is 205. The molecule has 0 atom stereocenters. The fraction of sp³-hybridized carbons (Fsp3) is 1.00. The van der Waals surface area contributed by atoms with Gasteiger partial charge in [0.05, 0.1) is 31.3 Å². The van der Waals surface area contributed by atoms with E-state index < -0.39 is 0 Å². The van der Waals surface area contributed by atoms with E-state index in [1.54, 1.807) is 0 Å². The third-order valence-electron chi connectivity index (χ3n) is 3.65. The predicted octanol–water partition coefficient (Wildman–Crippen LogP) is 0.496. The molecule has 0 radical (unpaired) electrons. The largest absolute Gasteiger partial charge is 0.396 e. The van der Waals surface area contributed by atoms with Crippen molar-refractivity contribution < 1.29 is 14.6 Å². The molecule has 2 aliphatic heterocycles. The molecule has 4 nitrogen and oxygen atoms in total. The minimum atomic E-state index is 0.0262. The fourth-order valence-corrected chi connectivity index (χ4v) is 2.57. The molecular weight excluding hydrogens is 206 g/mol. The lowest BCUT2D eigenvalue weighted by Crippen LogP contribution is -2.54. The Morgan fingerprint density at radius 1 is 1.38 bits per heavy atom. The van der Waals surface area contributed by atoms with E-state index in [9.17, 15) is 5.11 Å². The van der Waals surface area contributed by atoms with Crippen LogP contribution in [0, 0.1) is 5.41 Å². The van der Waals surface area contributed by atoms with Crippen molar-refractivity contribution in [1.29, 1.82) is 0 Å². The highest BCUT2D eigenvalue weighted by Crippen LogP contribution is 2.29. The zero-order chi connectivity index (χ0) is 11.4. The van der Waals surface area contributed by atoms with Gasteiger partial charge in [0.2, 0.25) is 0 Å². The van der Waals surface area contributed by atoms with Gasteiger partial charge in [0.1, 0.15) is 0 Å². The van der Waals surface area contributed by atoms with Crippen molar-refractivity contribution in [3.8, 4) is 0 Å². The van der Waals surface area contributed by atoms with Gasteiger partial charge in [-0.25, -0.2) is 0 Å². The summed E-state index contributed by atoms with van der Waals surface area (Å²) < 4.78 is 10.8. The van der Waals surface area contributed by atoms with Crippen LogP contribution in [0.3, 0.4) is 0 Å². The molecule has 0 aliphatic carbocycles. The molecule has 0 saturated carbocycles. The van der Waals surface area contributed by atoms with Gasteiger partial charge in [-0.1, -0.05) is 0 Å². The van der Waals surface area contributed by atoms with Crippen molar-refractivity contribution >= 4 is 0 Å². The smallest absolute Gasteiger partial charge is 0.0599 e. The van der Waals surface area contributed by atoms with Crippen molar-refractivity contribution in [2.45, 2.75) is 25.9 Å². The summed E-state index contributed by atoms with van der Waals surface area (Å²) in [4.78, 5) is 2.44. The Morgan fingerprint density at radius 3 is 2.50 bits per heavy atom. The van der Waals surface area contributed by atoms with Crippen LogP contribution < -0.4 is 0 Å². The van der Waals surface area contributed by atoms with Gasteiger partial charge in [0, 0.05) is 26.2 Å². The Balaban J connectivity index is 1.72. The average molecular weight is 229 g/mol. The Morgan fingerprint density at radius 2 is 2.06 bits per heavy atom. The van der Waals surface area contributed by atoms with Gasteiger partial charge in [0.25, 0.3) is 0 Å². The second kappa shape index (κ2) is 5.45. The number of piperidine rings is 1. The summed E-state index contributed by atoms with van der Waals surface area (Å²) in [6.45, 7) is 7.71. The molecule has 2 rings (SSSR count). The van der Waals surface area contributed by atoms with E-state index in [1.165, 1.54) is 0 Å². The summed E-state index contributed by atoms with van der Waals surface area (Å²) in [5, 5.41) is 9.37. The first-order valence-electron chi connectivity index (χ1n) is 6.30. The molecule has 0 unspecified atom stereocenters. The molecular formula is C12H23NO3. The first kappa shape index (κ1) is 12.3. The number of likely N-dealkylation sites (tertiary alicyclic amines) is 1. The number of ether oxygens (including phenoxy) is 2. The Hall–Kier alpha value is -0.160. The Labute approximate surface area is 97.5 Å². The third kappa shape index (κ3) is 2.74. The van der Waals surface area contributed by atoms with E-state index in [1.807, 2.05) is 0 Å². The quantitative estimate of drug-likeness (QED) is 0.745. The monoisotopic (exact) mass is 229 g/mol. The number of hydrogen-bond acceptors (Lipinski definition) is 4. The zero-order valence-corrected chi connectivity index (χ0v) is 10.2. The molecule has 0 spiro atoms. The Kier molecular flexibility index (Phi) is 4.19. The molecule has 1 N–H and O–H groups in total. The highest BCUT2D eigenvalue weighted by atomic mass is 16.5. The van der Waals surface area contributed by atoms with Crippen LogP contribution >= 0.6 is 0 Å². The molecule has 0 amide bonds. The van der Waals surface area contributed by atoms with E-state index >= 15 is 0 Å². The number of rotatable bonds is 5. The third-order valence-corrected chi connectivity index (χ3v) is 3.65. The van der Waals surface area contributed by atoms with Crippen molar-refractivity contribution in [2.75, 3.05) is 46.1 Å². The van der Waals surface area contributed by atoms with Crippen LogP contribution in [0.4, 0.5) is 0 Å². The summed E-state index contributed by atoms with van der Waals surface area (Å²) in [6, 6.07) is 0. The summed E-state index contributed by atoms with van der Waals surface area (Å²) >= 11 is 0. The van der Waals surface area contributed by atoms with Gasteiger partial charge >= 0.3 is 0 Å². The fourth-order valence-electron chi connectivity index (χ4n) is 2.57. The van der Waals surface area contributed by atoms with Crippen LogP contribution in [-0.2, 0) is 9.47 Å². The van der Waals surface area contributed by atoms with E-state index in [4.69, 9.17) is 9.47 Å². The molecule has 2 aliphatic rings. The van der Waals surface area contributed by atoms with Gasteiger partial charge in [0.15, 0.2) is 0 Å². The second-order valence-electron chi connectivity index (χ2n) is 5.08. The topological polar surface area (TPSA) is 41.9 Å². The van der Waals surface area contributed by atoms with Gasteiger partial charge in [-0.2, -0.15) is 0 Å². The summed E-state index contributed by atoms with van der Waals surface area (Å²) in [5.74, 6) is 0. The highest BCUT2D eigenvalue weighted by molar-refractivity contribution is 4.89. The van der Waals surface area contributed by atoms with E-state index in [0.29, 0.717) is 6.10 Å². The van der Waals surface area contributed by atoms with Gasteiger partial charge < -0.3 is 19.5 Å². The van der Waals surface area contributed by atoms with Gasteiger partial charge in [-0.15, -0.1) is 0 Å². The second-order valence-corrected chi connectivity index (χ2v) is 5.08. The van der Waals surface area contributed by atoms with Crippen LogP contribution in [0.2, 0.25) is 0 Å². The molecule has 4 heteroatoms. The molecule has 2 fully saturated rings. The predicted molar refractivity (Wildman–Crippen MR) is 61.4 cm³/mol. The van der Waals surface area contributed by atoms with Crippen molar-refractivity contribution in [1.82, 2.24) is 4.90 Å². The van der Waals surface area contributed by atoms with Crippen LogP contribution in [0.5, 0.6) is 0 Å². The number of aliphatic hydroxyl groups excluding tert-OH is 1. The first-order valence-corrected chi connectivity index (χ1v) is 6.30. The van der Waals surface area contributed by atoms with Crippen LogP contribution in [-0.4, -0.2) is 62.2 Å². The zero-order valence-electron chi connectivity index (χ0n) is 10.2. The van der Waals surface area contributed by atoms with Crippen molar-refractivity contribution in [3.05, 3.63) is 0 Å². The van der Waals surface area contributed by atoms with Crippen LogP contribution in [0.1, 0.15) is 19.8 Å². The van der Waals surface area contributed by atoms with E-state index in [-0.39, 0.29) is 12.0 Å². The summed E-state index contributed by atoms with van der Waals surface area (Å²) in [6.07, 6.45) is 2.69. The maximum absolute atomic E-state index is 9.37.